The van der Waals surface area contributed by atoms with Gasteiger partial charge in [0.1, 0.15) is 5.75 Å². The van der Waals surface area contributed by atoms with E-state index >= 15 is 0 Å². The van der Waals surface area contributed by atoms with Gasteiger partial charge < -0.3 is 14.6 Å². The zero-order chi connectivity index (χ0) is 16.8. The molecule has 0 radical (unpaired) electrons. The van der Waals surface area contributed by atoms with Crippen molar-refractivity contribution in [1.29, 1.82) is 0 Å². The summed E-state index contributed by atoms with van der Waals surface area (Å²) in [5.74, 6) is 0.763. The topological polar surface area (TPSA) is 45.3 Å². The molecule has 0 atom stereocenters. The summed E-state index contributed by atoms with van der Waals surface area (Å²) in [4.78, 5) is 18.5. The van der Waals surface area contributed by atoms with Gasteiger partial charge in [0.2, 0.25) is 0 Å². The minimum atomic E-state index is 0.113. The Labute approximate surface area is 138 Å². The molecule has 4 heteroatoms. The van der Waals surface area contributed by atoms with Gasteiger partial charge >= 0.3 is 0 Å². The van der Waals surface area contributed by atoms with Gasteiger partial charge in [0, 0.05) is 28.7 Å². The average molecular weight is 316 g/mol. The van der Waals surface area contributed by atoms with Gasteiger partial charge in [-0.1, -0.05) is 20.3 Å². The number of hydrogen-bond acceptors (Lipinski definition) is 3. The van der Waals surface area contributed by atoms with Crippen LogP contribution < -0.4 is 10.2 Å². The first-order valence-electron chi connectivity index (χ1n) is 8.53. The number of benzene rings is 1. The fourth-order valence-corrected chi connectivity index (χ4v) is 2.71. The standard InChI is InChI=1S/C19H28N2O2/c1-5-7-10-21(4)13-17-14(3)20-18-9-8-15(23-11-6-2)12-16(18)19(17)22/h8-9,12H,5-7,10-11,13H2,1-4H3,(H,20,22). The Morgan fingerprint density at radius 2 is 2.00 bits per heavy atom. The van der Waals surface area contributed by atoms with Gasteiger partial charge in [-0.2, -0.15) is 0 Å². The van der Waals surface area contributed by atoms with Crippen LogP contribution in [0.1, 0.15) is 44.4 Å². The van der Waals surface area contributed by atoms with Gasteiger partial charge in [0.15, 0.2) is 5.43 Å². The molecule has 0 unspecified atom stereocenters. The molecule has 4 nitrogen and oxygen atoms in total. The molecule has 1 aromatic carbocycles. The highest BCUT2D eigenvalue weighted by Gasteiger charge is 2.12. The van der Waals surface area contributed by atoms with Crippen LogP contribution in [0.4, 0.5) is 0 Å². The van der Waals surface area contributed by atoms with Crippen molar-refractivity contribution in [1.82, 2.24) is 9.88 Å². The smallest absolute Gasteiger partial charge is 0.194 e. The number of aryl methyl sites for hydroxylation is 1. The molecule has 0 amide bonds. The highest BCUT2D eigenvalue weighted by Crippen LogP contribution is 2.19. The van der Waals surface area contributed by atoms with Gasteiger partial charge in [-0.15, -0.1) is 0 Å². The third-order valence-electron chi connectivity index (χ3n) is 4.08. The zero-order valence-electron chi connectivity index (χ0n) is 14.7. The molecule has 1 N–H and O–H groups in total. The van der Waals surface area contributed by atoms with Crippen LogP contribution in [0, 0.1) is 6.92 Å². The first kappa shape index (κ1) is 17.5. The third kappa shape index (κ3) is 4.35. The minimum Gasteiger partial charge on any atom is -0.494 e. The Morgan fingerprint density at radius 3 is 2.70 bits per heavy atom. The molecule has 0 aliphatic heterocycles. The van der Waals surface area contributed by atoms with Crippen LogP contribution in [0.15, 0.2) is 23.0 Å². The number of H-pyrrole nitrogens is 1. The zero-order valence-corrected chi connectivity index (χ0v) is 14.7. The van der Waals surface area contributed by atoms with Crippen LogP contribution in [0.2, 0.25) is 0 Å². The maximum Gasteiger partial charge on any atom is 0.194 e. The first-order chi connectivity index (χ1) is 11.1. The Balaban J connectivity index is 2.35. The number of aromatic nitrogens is 1. The number of rotatable bonds is 8. The molecule has 0 bridgehead atoms. The molecule has 0 aliphatic rings. The van der Waals surface area contributed by atoms with Crippen LogP contribution in [0.25, 0.3) is 10.9 Å². The monoisotopic (exact) mass is 316 g/mol. The summed E-state index contributed by atoms with van der Waals surface area (Å²) in [6.45, 7) is 8.58. The van der Waals surface area contributed by atoms with E-state index in [1.54, 1.807) is 0 Å². The summed E-state index contributed by atoms with van der Waals surface area (Å²) in [7, 11) is 2.07. The Bertz CT molecular complexity index is 706. The molecule has 1 heterocycles. The third-order valence-corrected chi connectivity index (χ3v) is 4.08. The van der Waals surface area contributed by atoms with E-state index in [0.717, 1.165) is 48.3 Å². The van der Waals surface area contributed by atoms with Crippen molar-refractivity contribution in [2.24, 2.45) is 0 Å². The Kier molecular flexibility index (Phi) is 6.22. The van der Waals surface area contributed by atoms with Crippen LogP contribution >= 0.6 is 0 Å². The predicted octanol–water partition coefficient (Wildman–Crippen LogP) is 3.86. The number of nitrogens with zero attached hydrogens (tertiary/aromatic N) is 1. The van der Waals surface area contributed by atoms with E-state index in [1.807, 2.05) is 25.1 Å². The van der Waals surface area contributed by atoms with Crippen molar-refractivity contribution in [3.8, 4) is 5.75 Å². The summed E-state index contributed by atoms with van der Waals surface area (Å²) < 4.78 is 5.66. The number of ether oxygens (including phenoxy) is 1. The quantitative estimate of drug-likeness (QED) is 0.804. The molecule has 0 spiro atoms. The van der Waals surface area contributed by atoms with Gasteiger partial charge in [0.25, 0.3) is 0 Å². The molecule has 1 aromatic heterocycles. The van der Waals surface area contributed by atoms with Crippen LogP contribution in [0.3, 0.4) is 0 Å². The van der Waals surface area contributed by atoms with E-state index in [4.69, 9.17) is 4.74 Å². The average Bonchev–Trinajstić information content (AvgIpc) is 2.55. The molecule has 0 fully saturated rings. The number of unbranched alkanes of at least 4 members (excludes halogenated alkanes) is 1. The molecule has 23 heavy (non-hydrogen) atoms. The minimum absolute atomic E-state index is 0.113. The lowest BCUT2D eigenvalue weighted by Gasteiger charge is -2.17. The van der Waals surface area contributed by atoms with Crippen molar-refractivity contribution in [2.45, 2.75) is 46.6 Å². The molecule has 2 rings (SSSR count). The fourth-order valence-electron chi connectivity index (χ4n) is 2.71. The van der Waals surface area contributed by atoms with E-state index in [1.165, 1.54) is 0 Å². The number of nitrogens with one attached hydrogen (secondary N) is 1. The van der Waals surface area contributed by atoms with Gasteiger partial charge in [0.05, 0.1) is 6.61 Å². The normalized spacial score (nSPS) is 11.3. The first-order valence-corrected chi connectivity index (χ1v) is 8.53. The second-order valence-corrected chi connectivity index (χ2v) is 6.20. The largest absolute Gasteiger partial charge is 0.494 e. The van der Waals surface area contributed by atoms with E-state index in [2.05, 4.69) is 30.8 Å². The fraction of sp³-hybridized carbons (Fsp3) is 0.526. The summed E-state index contributed by atoms with van der Waals surface area (Å²) in [6, 6.07) is 5.71. The molecular formula is C19H28N2O2. The van der Waals surface area contributed by atoms with E-state index in [0.29, 0.717) is 18.5 Å². The van der Waals surface area contributed by atoms with E-state index in [9.17, 15) is 4.79 Å². The molecule has 0 aliphatic carbocycles. The van der Waals surface area contributed by atoms with Crippen LogP contribution in [-0.2, 0) is 6.54 Å². The number of pyridine rings is 1. The lowest BCUT2D eigenvalue weighted by atomic mass is 10.1. The predicted molar refractivity (Wildman–Crippen MR) is 96.3 cm³/mol. The summed E-state index contributed by atoms with van der Waals surface area (Å²) in [5, 5.41) is 0.711. The van der Waals surface area contributed by atoms with Crippen LogP contribution in [-0.4, -0.2) is 30.1 Å². The maximum absolute atomic E-state index is 12.9. The summed E-state index contributed by atoms with van der Waals surface area (Å²) in [5.41, 5.74) is 2.79. The Morgan fingerprint density at radius 1 is 1.22 bits per heavy atom. The molecule has 0 saturated carbocycles. The Hall–Kier alpha value is -1.81. The van der Waals surface area contributed by atoms with Gasteiger partial charge in [-0.3, -0.25) is 4.79 Å². The summed E-state index contributed by atoms with van der Waals surface area (Å²) in [6.07, 6.45) is 3.27. The van der Waals surface area contributed by atoms with Crippen molar-refractivity contribution in [3.05, 3.63) is 39.7 Å². The van der Waals surface area contributed by atoms with Crippen molar-refractivity contribution >= 4 is 10.9 Å². The van der Waals surface area contributed by atoms with E-state index in [-0.39, 0.29) is 5.43 Å². The second kappa shape index (κ2) is 8.16. The SMILES string of the molecule is CCCCN(C)Cc1c(C)[nH]c2ccc(OCCC)cc2c1=O. The molecule has 0 saturated heterocycles. The van der Waals surface area contributed by atoms with Crippen molar-refractivity contribution in [2.75, 3.05) is 20.2 Å². The second-order valence-electron chi connectivity index (χ2n) is 6.20. The molecule has 126 valence electrons. The van der Waals surface area contributed by atoms with Gasteiger partial charge in [-0.25, -0.2) is 0 Å². The molecule has 2 aromatic rings. The number of hydrogen-bond donors (Lipinski definition) is 1. The van der Waals surface area contributed by atoms with Crippen molar-refractivity contribution in [3.63, 3.8) is 0 Å². The highest BCUT2D eigenvalue weighted by atomic mass is 16.5. The van der Waals surface area contributed by atoms with Gasteiger partial charge in [-0.05, 0) is 51.6 Å². The summed E-state index contributed by atoms with van der Waals surface area (Å²) >= 11 is 0. The van der Waals surface area contributed by atoms with E-state index < -0.39 is 0 Å². The lowest BCUT2D eigenvalue weighted by Crippen LogP contribution is -2.25. The number of fused-ring (bicyclic) bond motifs is 1. The highest BCUT2D eigenvalue weighted by molar-refractivity contribution is 5.81. The lowest BCUT2D eigenvalue weighted by molar-refractivity contribution is 0.317. The van der Waals surface area contributed by atoms with Crippen molar-refractivity contribution < 1.29 is 4.74 Å². The molecular weight excluding hydrogens is 288 g/mol. The maximum atomic E-state index is 12.9. The number of aromatic amines is 1. The van der Waals surface area contributed by atoms with Crippen LogP contribution in [0.5, 0.6) is 5.75 Å².